The lowest BCUT2D eigenvalue weighted by molar-refractivity contribution is -0.157. The maximum atomic E-state index is 12.0. The number of ketones is 1. The summed E-state index contributed by atoms with van der Waals surface area (Å²) in [6.07, 6.45) is 0. The van der Waals surface area contributed by atoms with Gasteiger partial charge in [-0.05, 0) is 17.9 Å². The molecule has 0 spiro atoms. The highest BCUT2D eigenvalue weighted by Crippen LogP contribution is 2.28. The van der Waals surface area contributed by atoms with Crippen LogP contribution in [0.1, 0.15) is 33.3 Å². The first-order chi connectivity index (χ1) is 8.32. The molecular weight excluding hydrogens is 228 g/mol. The van der Waals surface area contributed by atoms with E-state index in [-0.39, 0.29) is 12.4 Å². The minimum atomic E-state index is -0.707. The van der Waals surface area contributed by atoms with Crippen molar-refractivity contribution in [2.75, 3.05) is 0 Å². The van der Waals surface area contributed by atoms with Crippen molar-refractivity contribution < 1.29 is 14.3 Å². The molecule has 0 fully saturated rings. The van der Waals surface area contributed by atoms with Gasteiger partial charge in [0.15, 0.2) is 0 Å². The maximum Gasteiger partial charge on any atom is 0.317 e. The Morgan fingerprint density at radius 3 is 2.17 bits per heavy atom. The minimum absolute atomic E-state index is 0.152. The SMILES string of the molecule is CC(=O)C(C(=O)OCc1ccccc1)C(C)(C)C. The van der Waals surface area contributed by atoms with Crippen LogP contribution in [0.2, 0.25) is 0 Å². The van der Waals surface area contributed by atoms with Gasteiger partial charge in [-0.3, -0.25) is 9.59 Å². The summed E-state index contributed by atoms with van der Waals surface area (Å²) >= 11 is 0. The van der Waals surface area contributed by atoms with Gasteiger partial charge in [0.1, 0.15) is 18.3 Å². The molecule has 0 aliphatic rings. The molecule has 0 aliphatic carbocycles. The second kappa shape index (κ2) is 5.80. The predicted octanol–water partition coefficient (Wildman–Crippen LogP) is 2.98. The molecular formula is C15H20O3. The van der Waals surface area contributed by atoms with Crippen molar-refractivity contribution in [3.8, 4) is 0 Å². The standard InChI is InChI=1S/C15H20O3/c1-11(16)13(15(2,3)4)14(17)18-10-12-8-6-5-7-9-12/h5-9,13H,10H2,1-4H3. The van der Waals surface area contributed by atoms with Crippen LogP contribution in [0.4, 0.5) is 0 Å². The lowest BCUT2D eigenvalue weighted by Crippen LogP contribution is -2.35. The van der Waals surface area contributed by atoms with Gasteiger partial charge in [-0.15, -0.1) is 0 Å². The Hall–Kier alpha value is -1.64. The number of benzene rings is 1. The minimum Gasteiger partial charge on any atom is -0.460 e. The molecule has 1 rings (SSSR count). The molecule has 0 radical (unpaired) electrons. The van der Waals surface area contributed by atoms with Gasteiger partial charge in [0, 0.05) is 0 Å². The molecule has 1 unspecified atom stereocenters. The van der Waals surface area contributed by atoms with Crippen LogP contribution in [0.25, 0.3) is 0 Å². The highest BCUT2D eigenvalue weighted by molar-refractivity contribution is 5.98. The summed E-state index contributed by atoms with van der Waals surface area (Å²) in [4.78, 5) is 23.5. The van der Waals surface area contributed by atoms with E-state index in [1.165, 1.54) is 6.92 Å². The lowest BCUT2D eigenvalue weighted by Gasteiger charge is -2.26. The van der Waals surface area contributed by atoms with Crippen molar-refractivity contribution in [1.82, 2.24) is 0 Å². The number of carbonyl (C=O) groups excluding carboxylic acids is 2. The van der Waals surface area contributed by atoms with Crippen LogP contribution < -0.4 is 0 Å². The fraction of sp³-hybridized carbons (Fsp3) is 0.467. The van der Waals surface area contributed by atoms with Crippen LogP contribution >= 0.6 is 0 Å². The number of esters is 1. The van der Waals surface area contributed by atoms with Crippen LogP contribution in [0.5, 0.6) is 0 Å². The molecule has 18 heavy (non-hydrogen) atoms. The molecule has 0 heterocycles. The molecule has 0 saturated carbocycles. The maximum absolute atomic E-state index is 12.0. The van der Waals surface area contributed by atoms with Gasteiger partial charge in [0.25, 0.3) is 0 Å². The number of ether oxygens (including phenoxy) is 1. The molecule has 3 nitrogen and oxygen atoms in total. The summed E-state index contributed by atoms with van der Waals surface area (Å²) in [6, 6.07) is 9.43. The molecule has 0 aliphatic heterocycles. The quantitative estimate of drug-likeness (QED) is 0.607. The number of hydrogen-bond acceptors (Lipinski definition) is 3. The van der Waals surface area contributed by atoms with Crippen molar-refractivity contribution in [3.63, 3.8) is 0 Å². The van der Waals surface area contributed by atoms with E-state index in [0.29, 0.717) is 0 Å². The highest BCUT2D eigenvalue weighted by atomic mass is 16.5. The Morgan fingerprint density at radius 1 is 1.17 bits per heavy atom. The molecule has 0 bridgehead atoms. The molecule has 0 aromatic heterocycles. The van der Waals surface area contributed by atoms with Crippen molar-refractivity contribution >= 4 is 11.8 Å². The van der Waals surface area contributed by atoms with E-state index in [4.69, 9.17) is 4.74 Å². The van der Waals surface area contributed by atoms with Gasteiger partial charge in [0.05, 0.1) is 0 Å². The molecule has 0 saturated heterocycles. The van der Waals surface area contributed by atoms with Gasteiger partial charge in [-0.1, -0.05) is 51.1 Å². The van der Waals surface area contributed by atoms with E-state index < -0.39 is 17.3 Å². The average Bonchev–Trinajstić information content (AvgIpc) is 2.25. The Bertz CT molecular complexity index is 415. The van der Waals surface area contributed by atoms with Crippen molar-refractivity contribution in [2.24, 2.45) is 11.3 Å². The normalized spacial score (nSPS) is 12.9. The average molecular weight is 248 g/mol. The number of rotatable bonds is 4. The topological polar surface area (TPSA) is 43.4 Å². The summed E-state index contributed by atoms with van der Waals surface area (Å²) in [7, 11) is 0. The number of carbonyl (C=O) groups is 2. The molecule has 3 heteroatoms. The van der Waals surface area contributed by atoms with E-state index in [1.54, 1.807) is 0 Å². The van der Waals surface area contributed by atoms with Crippen LogP contribution in [0.15, 0.2) is 30.3 Å². The predicted molar refractivity (Wildman–Crippen MR) is 69.9 cm³/mol. The first-order valence-corrected chi connectivity index (χ1v) is 6.03. The van der Waals surface area contributed by atoms with E-state index >= 15 is 0 Å². The Balaban J connectivity index is 2.67. The summed E-state index contributed by atoms with van der Waals surface area (Å²) in [5.74, 6) is -1.30. The fourth-order valence-corrected chi connectivity index (χ4v) is 1.94. The Labute approximate surface area is 108 Å². The van der Waals surface area contributed by atoms with Crippen LogP contribution in [0, 0.1) is 11.3 Å². The number of Topliss-reactive ketones (excluding diaryl/α,β-unsaturated/α-hetero) is 1. The van der Waals surface area contributed by atoms with Crippen molar-refractivity contribution in [3.05, 3.63) is 35.9 Å². The lowest BCUT2D eigenvalue weighted by atomic mass is 9.78. The molecule has 1 aromatic carbocycles. The number of hydrogen-bond donors (Lipinski definition) is 0. The van der Waals surface area contributed by atoms with Crippen LogP contribution in [0.3, 0.4) is 0 Å². The third-order valence-corrected chi connectivity index (χ3v) is 2.73. The fourth-order valence-electron chi connectivity index (χ4n) is 1.94. The largest absolute Gasteiger partial charge is 0.460 e. The zero-order chi connectivity index (χ0) is 13.8. The highest BCUT2D eigenvalue weighted by Gasteiger charge is 2.36. The summed E-state index contributed by atoms with van der Waals surface area (Å²) < 4.78 is 5.22. The molecule has 1 atom stereocenters. The molecule has 0 N–H and O–H groups in total. The van der Waals surface area contributed by atoms with Crippen molar-refractivity contribution in [2.45, 2.75) is 34.3 Å². The zero-order valence-corrected chi connectivity index (χ0v) is 11.4. The van der Waals surface area contributed by atoms with E-state index in [9.17, 15) is 9.59 Å². The Kier molecular flexibility index (Phi) is 4.65. The smallest absolute Gasteiger partial charge is 0.317 e. The first-order valence-electron chi connectivity index (χ1n) is 6.03. The summed E-state index contributed by atoms with van der Waals surface area (Å²) in [6.45, 7) is 7.23. The monoisotopic (exact) mass is 248 g/mol. The molecule has 1 aromatic rings. The van der Waals surface area contributed by atoms with Gasteiger partial charge in [-0.25, -0.2) is 0 Å². The van der Waals surface area contributed by atoms with Crippen LogP contribution in [-0.4, -0.2) is 11.8 Å². The summed E-state index contributed by atoms with van der Waals surface area (Å²) in [5, 5.41) is 0. The van der Waals surface area contributed by atoms with Gasteiger partial charge in [0.2, 0.25) is 0 Å². The molecule has 98 valence electrons. The summed E-state index contributed by atoms with van der Waals surface area (Å²) in [5.41, 5.74) is 0.502. The Morgan fingerprint density at radius 2 is 1.72 bits per heavy atom. The van der Waals surface area contributed by atoms with Crippen LogP contribution in [-0.2, 0) is 20.9 Å². The van der Waals surface area contributed by atoms with E-state index in [0.717, 1.165) is 5.56 Å². The second-order valence-electron chi connectivity index (χ2n) is 5.50. The van der Waals surface area contributed by atoms with Gasteiger partial charge < -0.3 is 4.74 Å². The zero-order valence-electron chi connectivity index (χ0n) is 11.4. The van der Waals surface area contributed by atoms with Gasteiger partial charge in [-0.2, -0.15) is 0 Å². The van der Waals surface area contributed by atoms with Crippen molar-refractivity contribution in [1.29, 1.82) is 0 Å². The third kappa shape index (κ3) is 3.99. The second-order valence-corrected chi connectivity index (χ2v) is 5.50. The first kappa shape index (κ1) is 14.4. The third-order valence-electron chi connectivity index (χ3n) is 2.73. The van der Waals surface area contributed by atoms with E-state index in [2.05, 4.69) is 0 Å². The van der Waals surface area contributed by atoms with Gasteiger partial charge >= 0.3 is 5.97 Å². The molecule has 0 amide bonds. The van der Waals surface area contributed by atoms with E-state index in [1.807, 2.05) is 51.1 Å².